The molecule has 0 bridgehead atoms. The molecule has 2 aromatic carbocycles. The molecule has 1 unspecified atom stereocenters. The van der Waals surface area contributed by atoms with E-state index in [9.17, 15) is 19.6 Å². The molecule has 5 rings (SSSR count). The highest BCUT2D eigenvalue weighted by atomic mass is 79.9. The summed E-state index contributed by atoms with van der Waals surface area (Å²) < 4.78 is 16.4. The van der Waals surface area contributed by atoms with Crippen LogP contribution in [0.4, 0.5) is 9.18 Å². The molecule has 1 saturated carbocycles. The van der Waals surface area contributed by atoms with Crippen molar-refractivity contribution in [3.8, 4) is 6.07 Å². The largest absolute Gasteiger partial charge is 0.465 e. The Balaban J connectivity index is 1.43. The Morgan fingerprint density at radius 2 is 1.97 bits per heavy atom. The Bertz CT molecular complexity index is 1470. The summed E-state index contributed by atoms with van der Waals surface area (Å²) in [5, 5.41) is 20.9. The van der Waals surface area contributed by atoms with Crippen molar-refractivity contribution in [2.24, 2.45) is 5.92 Å². The maximum absolute atomic E-state index is 14.2. The van der Waals surface area contributed by atoms with Crippen LogP contribution in [0.1, 0.15) is 43.1 Å². The number of nitrogens with zero attached hydrogens (tertiary/aromatic N) is 5. The topological polar surface area (TPSA) is 95.0 Å². The van der Waals surface area contributed by atoms with Crippen molar-refractivity contribution in [2.75, 3.05) is 0 Å². The van der Waals surface area contributed by atoms with Gasteiger partial charge in [0.15, 0.2) is 0 Å². The van der Waals surface area contributed by atoms with Gasteiger partial charge in [0.05, 0.1) is 27.8 Å². The van der Waals surface area contributed by atoms with Crippen molar-refractivity contribution < 1.29 is 14.3 Å². The van der Waals surface area contributed by atoms with Crippen LogP contribution in [0, 0.1) is 30.0 Å². The van der Waals surface area contributed by atoms with E-state index in [0.717, 1.165) is 29.3 Å². The molecule has 2 aromatic heterocycles. The molecule has 1 aliphatic rings. The van der Waals surface area contributed by atoms with Gasteiger partial charge >= 0.3 is 6.09 Å². The Hall–Kier alpha value is -3.51. The highest BCUT2D eigenvalue weighted by Crippen LogP contribution is 2.39. The van der Waals surface area contributed by atoms with Gasteiger partial charge in [0.1, 0.15) is 23.2 Å². The second-order valence-corrected chi connectivity index (χ2v) is 10.2. The zero-order valence-electron chi connectivity index (χ0n) is 19.7. The Morgan fingerprint density at radius 1 is 1.25 bits per heavy atom. The lowest BCUT2D eigenvalue weighted by atomic mass is 9.81. The summed E-state index contributed by atoms with van der Waals surface area (Å²) in [5.74, 6) is 0.345. The predicted octanol–water partition coefficient (Wildman–Crippen LogP) is 6.60. The van der Waals surface area contributed by atoms with Crippen LogP contribution in [0.3, 0.4) is 0 Å². The minimum absolute atomic E-state index is 0.0434. The van der Waals surface area contributed by atoms with Crippen LogP contribution < -0.4 is 0 Å². The molecule has 36 heavy (non-hydrogen) atoms. The first-order valence-corrected chi connectivity index (χ1v) is 12.7. The summed E-state index contributed by atoms with van der Waals surface area (Å²) in [6.07, 6.45) is 3.52. The number of hydrogen-bond acceptors (Lipinski definition) is 4. The maximum Gasteiger partial charge on any atom is 0.407 e. The second-order valence-electron chi connectivity index (χ2n) is 9.34. The van der Waals surface area contributed by atoms with E-state index in [1.807, 2.05) is 41.8 Å². The van der Waals surface area contributed by atoms with Gasteiger partial charge < -0.3 is 14.6 Å². The quantitative estimate of drug-likeness (QED) is 0.302. The fourth-order valence-electron chi connectivity index (χ4n) is 5.46. The van der Waals surface area contributed by atoms with Crippen LogP contribution in [0.15, 0.2) is 53.1 Å². The number of aryl methyl sites for hydroxylation is 1. The van der Waals surface area contributed by atoms with Gasteiger partial charge in [-0.05, 0) is 66.1 Å². The first-order valence-electron chi connectivity index (χ1n) is 11.9. The molecule has 0 spiro atoms. The molecule has 7 nitrogen and oxygen atoms in total. The molecular weight excluding hydrogens is 525 g/mol. The molecule has 184 valence electrons. The fourth-order valence-corrected chi connectivity index (χ4v) is 5.81. The lowest BCUT2D eigenvalue weighted by Gasteiger charge is -2.37. The number of amides is 1. The Kier molecular flexibility index (Phi) is 6.63. The number of rotatable bonds is 5. The molecule has 1 fully saturated rings. The van der Waals surface area contributed by atoms with Gasteiger partial charge in [0.2, 0.25) is 0 Å². The minimum atomic E-state index is -0.924. The first-order chi connectivity index (χ1) is 17.4. The number of hydrogen-bond donors (Lipinski definition) is 1. The van der Waals surface area contributed by atoms with E-state index in [1.165, 1.54) is 11.0 Å². The van der Waals surface area contributed by atoms with E-state index < -0.39 is 18.0 Å². The average Bonchev–Trinajstić information content (AvgIpc) is 3.21. The van der Waals surface area contributed by atoms with Crippen LogP contribution in [0.2, 0.25) is 0 Å². The van der Waals surface area contributed by atoms with Crippen molar-refractivity contribution in [3.05, 3.63) is 70.3 Å². The Labute approximate surface area is 216 Å². The number of carboxylic acid groups (broad SMARTS) is 1. The lowest BCUT2D eigenvalue weighted by Crippen LogP contribution is -2.42. The van der Waals surface area contributed by atoms with Crippen molar-refractivity contribution >= 4 is 44.0 Å². The molecule has 1 atom stereocenters. The molecule has 1 aliphatic carbocycles. The van der Waals surface area contributed by atoms with Gasteiger partial charge in [0.25, 0.3) is 0 Å². The van der Waals surface area contributed by atoms with Gasteiger partial charge in [0, 0.05) is 24.0 Å². The number of benzene rings is 2. The summed E-state index contributed by atoms with van der Waals surface area (Å²) in [6.45, 7) is 2.22. The van der Waals surface area contributed by atoms with E-state index in [2.05, 4.69) is 32.0 Å². The van der Waals surface area contributed by atoms with Crippen molar-refractivity contribution in [3.63, 3.8) is 0 Å². The Morgan fingerprint density at radius 3 is 2.64 bits per heavy atom. The third-order valence-corrected chi connectivity index (χ3v) is 7.82. The number of imidazole rings is 1. The molecule has 0 aliphatic heterocycles. The molecule has 0 saturated heterocycles. The monoisotopic (exact) mass is 549 g/mol. The van der Waals surface area contributed by atoms with Gasteiger partial charge in [-0.1, -0.05) is 30.3 Å². The van der Waals surface area contributed by atoms with Gasteiger partial charge in [-0.15, -0.1) is 0 Å². The predicted molar refractivity (Wildman–Crippen MR) is 138 cm³/mol. The second kappa shape index (κ2) is 9.86. The van der Waals surface area contributed by atoms with E-state index in [0.29, 0.717) is 40.7 Å². The summed E-state index contributed by atoms with van der Waals surface area (Å²) in [5.41, 5.74) is 2.89. The number of carbonyl (C=O) groups is 1. The van der Waals surface area contributed by atoms with Crippen molar-refractivity contribution in [1.29, 1.82) is 5.26 Å². The first kappa shape index (κ1) is 24.2. The van der Waals surface area contributed by atoms with Gasteiger partial charge in [-0.3, -0.25) is 4.98 Å². The smallest absolute Gasteiger partial charge is 0.407 e. The summed E-state index contributed by atoms with van der Waals surface area (Å²) in [7, 11) is 0. The van der Waals surface area contributed by atoms with E-state index in [4.69, 9.17) is 0 Å². The van der Waals surface area contributed by atoms with E-state index >= 15 is 0 Å². The highest BCUT2D eigenvalue weighted by molar-refractivity contribution is 9.10. The van der Waals surface area contributed by atoms with E-state index in [-0.39, 0.29) is 12.0 Å². The molecule has 4 aromatic rings. The molecule has 1 N–H and O–H groups in total. The number of nitriles is 1. The summed E-state index contributed by atoms with van der Waals surface area (Å²) in [4.78, 5) is 22.6. The SMILES string of the molecule is Cc1nc2cnc3cc(F)c(Br)cc3c2n1C(C#N)C1CCC(N(Cc2ccccc2)C(=O)O)CC1. The van der Waals surface area contributed by atoms with Gasteiger partial charge in [-0.25, -0.2) is 14.2 Å². The molecule has 1 amide bonds. The van der Waals surface area contributed by atoms with Crippen LogP contribution >= 0.6 is 15.9 Å². The molecule has 0 radical (unpaired) electrons. The lowest BCUT2D eigenvalue weighted by molar-refractivity contribution is 0.0953. The number of fused-ring (bicyclic) bond motifs is 3. The maximum atomic E-state index is 14.2. The zero-order chi connectivity index (χ0) is 25.4. The summed E-state index contributed by atoms with van der Waals surface area (Å²) in [6, 6.07) is 14.6. The summed E-state index contributed by atoms with van der Waals surface area (Å²) >= 11 is 3.27. The fraction of sp³-hybridized carbons (Fsp3) is 0.333. The minimum Gasteiger partial charge on any atom is -0.465 e. The normalized spacial score (nSPS) is 18.7. The number of aromatic nitrogens is 3. The molecule has 9 heteroatoms. The van der Waals surface area contributed by atoms with Crippen LogP contribution in [0.5, 0.6) is 0 Å². The van der Waals surface area contributed by atoms with Crippen LogP contribution in [-0.4, -0.2) is 36.7 Å². The highest BCUT2D eigenvalue weighted by Gasteiger charge is 2.34. The third-order valence-electron chi connectivity index (χ3n) is 7.21. The number of pyridine rings is 1. The zero-order valence-corrected chi connectivity index (χ0v) is 21.3. The van der Waals surface area contributed by atoms with Gasteiger partial charge in [-0.2, -0.15) is 5.26 Å². The van der Waals surface area contributed by atoms with Crippen LogP contribution in [0.25, 0.3) is 21.9 Å². The number of halogens is 2. The standard InChI is InChI=1S/C27H25BrFN5O2/c1-16-32-24-14-31-23-12-22(29)21(28)11-20(23)26(24)34(16)25(13-30)18-7-9-19(10-8-18)33(27(35)36)15-17-5-3-2-4-6-17/h2-6,11-12,14,18-19,25H,7-10,15H2,1H3,(H,35,36). The van der Waals surface area contributed by atoms with Crippen LogP contribution in [-0.2, 0) is 6.54 Å². The van der Waals surface area contributed by atoms with E-state index in [1.54, 1.807) is 12.3 Å². The average molecular weight is 550 g/mol. The van der Waals surface area contributed by atoms with Crippen molar-refractivity contribution in [1.82, 2.24) is 19.4 Å². The third kappa shape index (κ3) is 4.42. The van der Waals surface area contributed by atoms with Crippen molar-refractivity contribution in [2.45, 2.75) is 51.2 Å². The molecule has 2 heterocycles. The molecular formula is C27H25BrFN5O2.